The standard InChI is InChI=1S/C5H10/c1-3-5-4-2/h1-5H2/q-2. The summed E-state index contributed by atoms with van der Waals surface area (Å²) in [6.45, 7) is 7.27. The van der Waals surface area contributed by atoms with E-state index in [0.29, 0.717) is 0 Å². The van der Waals surface area contributed by atoms with E-state index in [0.717, 1.165) is 12.8 Å². The van der Waals surface area contributed by atoms with Crippen molar-refractivity contribution in [2.75, 3.05) is 0 Å². The molecular weight excluding hydrogens is 60.1 g/mol. The van der Waals surface area contributed by atoms with Gasteiger partial charge in [-0.25, -0.2) is 0 Å². The Bertz CT molecular complexity index is 7.51. The Morgan fingerprint density at radius 2 is 1.40 bits per heavy atom. The van der Waals surface area contributed by atoms with E-state index < -0.39 is 0 Å². The molecule has 0 amide bonds. The Hall–Kier alpha value is 0. The summed E-state index contributed by atoms with van der Waals surface area (Å²) in [5.74, 6) is 0. The van der Waals surface area contributed by atoms with Crippen LogP contribution in [-0.2, 0) is 0 Å². The third-order valence-corrected chi connectivity index (χ3v) is 0.500. The molecule has 0 fully saturated rings. The summed E-state index contributed by atoms with van der Waals surface area (Å²) < 4.78 is 0. The lowest BCUT2D eigenvalue weighted by molar-refractivity contribution is 0.864. The van der Waals surface area contributed by atoms with Crippen molar-refractivity contribution in [2.24, 2.45) is 0 Å². The first-order chi connectivity index (χ1) is 2.41. The number of hydrogen-bond acceptors (Lipinski definition) is 0. The highest BCUT2D eigenvalue weighted by atomic mass is 13.7. The topological polar surface area (TPSA) is 0 Å². The van der Waals surface area contributed by atoms with Gasteiger partial charge in [0.1, 0.15) is 0 Å². The van der Waals surface area contributed by atoms with Crippen LogP contribution in [0.3, 0.4) is 0 Å². The van der Waals surface area contributed by atoms with Crippen LogP contribution in [0.1, 0.15) is 19.3 Å². The van der Waals surface area contributed by atoms with Crippen LogP contribution in [0, 0.1) is 13.8 Å². The largest absolute Gasteiger partial charge is 0.343 e. The van der Waals surface area contributed by atoms with Crippen LogP contribution in [0.5, 0.6) is 0 Å². The van der Waals surface area contributed by atoms with Crippen molar-refractivity contribution in [1.29, 1.82) is 0 Å². The zero-order valence-corrected chi connectivity index (χ0v) is 3.54. The SMILES string of the molecule is [CH2-]CCC[CH2-]. The van der Waals surface area contributed by atoms with E-state index in [1.54, 1.807) is 0 Å². The summed E-state index contributed by atoms with van der Waals surface area (Å²) in [6, 6.07) is 0. The quantitative estimate of drug-likeness (QED) is 0.435. The molecule has 0 radical (unpaired) electrons. The summed E-state index contributed by atoms with van der Waals surface area (Å²) in [4.78, 5) is 0. The molecule has 0 saturated heterocycles. The van der Waals surface area contributed by atoms with Gasteiger partial charge in [-0.05, 0) is 0 Å². The molecule has 0 nitrogen and oxygen atoms in total. The lowest BCUT2D eigenvalue weighted by atomic mass is 10.3. The van der Waals surface area contributed by atoms with Gasteiger partial charge in [-0.3, -0.25) is 0 Å². The highest BCUT2D eigenvalue weighted by Gasteiger charge is 1.55. The van der Waals surface area contributed by atoms with Crippen LogP contribution in [0.2, 0.25) is 0 Å². The summed E-state index contributed by atoms with van der Waals surface area (Å²) in [7, 11) is 0. The van der Waals surface area contributed by atoms with Gasteiger partial charge < -0.3 is 13.8 Å². The van der Waals surface area contributed by atoms with Crippen molar-refractivity contribution in [2.45, 2.75) is 19.3 Å². The van der Waals surface area contributed by atoms with E-state index in [4.69, 9.17) is 0 Å². The molecule has 0 aromatic heterocycles. The number of rotatable bonds is 2. The van der Waals surface area contributed by atoms with Crippen LogP contribution >= 0.6 is 0 Å². The van der Waals surface area contributed by atoms with E-state index in [-0.39, 0.29) is 0 Å². The second kappa shape index (κ2) is 4.00. The van der Waals surface area contributed by atoms with Gasteiger partial charge in [0.2, 0.25) is 0 Å². The van der Waals surface area contributed by atoms with E-state index in [9.17, 15) is 0 Å². The summed E-state index contributed by atoms with van der Waals surface area (Å²) >= 11 is 0. The molecular formula is C5H10-2. The molecule has 0 atom stereocenters. The molecule has 0 bridgehead atoms. The fourth-order valence-corrected chi connectivity index (χ4v) is 0.177. The fraction of sp³-hybridized carbons (Fsp3) is 0.600. The molecule has 0 unspecified atom stereocenters. The predicted octanol–water partition coefficient (Wildman–Crippen LogP) is 1.82. The smallest absolute Gasteiger partial charge is 0.108 e. The summed E-state index contributed by atoms with van der Waals surface area (Å²) in [5, 5.41) is 0. The lowest BCUT2D eigenvalue weighted by Crippen LogP contribution is -1.60. The van der Waals surface area contributed by atoms with Gasteiger partial charge in [0, 0.05) is 0 Å². The van der Waals surface area contributed by atoms with Gasteiger partial charge >= 0.3 is 0 Å². The van der Waals surface area contributed by atoms with Crippen LogP contribution in [-0.4, -0.2) is 0 Å². The molecule has 0 aromatic carbocycles. The van der Waals surface area contributed by atoms with Crippen molar-refractivity contribution in [1.82, 2.24) is 0 Å². The van der Waals surface area contributed by atoms with Crippen molar-refractivity contribution >= 4 is 0 Å². The first-order valence-corrected chi connectivity index (χ1v) is 2.00. The maximum absolute atomic E-state index is 3.64. The van der Waals surface area contributed by atoms with Crippen molar-refractivity contribution in [3.63, 3.8) is 0 Å². The molecule has 0 aliphatic carbocycles. The Labute approximate surface area is 34.2 Å². The van der Waals surface area contributed by atoms with Crippen molar-refractivity contribution in [3.05, 3.63) is 13.8 Å². The first kappa shape index (κ1) is 5.00. The molecule has 0 N–H and O–H groups in total. The van der Waals surface area contributed by atoms with Gasteiger partial charge in [0.15, 0.2) is 0 Å². The predicted molar refractivity (Wildman–Crippen MR) is 24.6 cm³/mol. The maximum atomic E-state index is 3.64. The van der Waals surface area contributed by atoms with Gasteiger partial charge in [0.25, 0.3) is 0 Å². The third-order valence-electron chi connectivity index (χ3n) is 0.500. The maximum Gasteiger partial charge on any atom is -0.108 e. The average Bonchev–Trinajstić information content (AvgIpc) is 1.41. The molecule has 0 aromatic rings. The molecule has 0 spiro atoms. The molecule has 0 heteroatoms. The Balaban J connectivity index is 2.19. The fourth-order valence-electron chi connectivity index (χ4n) is 0.177. The van der Waals surface area contributed by atoms with E-state index in [2.05, 4.69) is 13.8 Å². The minimum Gasteiger partial charge on any atom is -0.343 e. The Morgan fingerprint density at radius 1 is 1.00 bits per heavy atom. The molecule has 0 aliphatic heterocycles. The highest BCUT2D eigenvalue weighted by Crippen LogP contribution is 1.87. The third kappa shape index (κ3) is 4.00. The number of unbranched alkanes of at least 4 members (excludes halogenated alkanes) is 2. The molecule has 0 saturated carbocycles. The van der Waals surface area contributed by atoms with Gasteiger partial charge in [0.05, 0.1) is 0 Å². The molecule has 32 valence electrons. The van der Waals surface area contributed by atoms with Crippen molar-refractivity contribution in [3.8, 4) is 0 Å². The highest BCUT2D eigenvalue weighted by molar-refractivity contribution is 4.41. The number of hydrogen-bond donors (Lipinski definition) is 0. The van der Waals surface area contributed by atoms with Crippen molar-refractivity contribution < 1.29 is 0 Å². The Morgan fingerprint density at radius 3 is 1.40 bits per heavy atom. The zero-order valence-electron chi connectivity index (χ0n) is 3.54. The zero-order chi connectivity index (χ0) is 4.12. The summed E-state index contributed by atoms with van der Waals surface area (Å²) in [6.07, 6.45) is 3.23. The second-order valence-corrected chi connectivity index (χ2v) is 1.06. The van der Waals surface area contributed by atoms with E-state index in [1.165, 1.54) is 6.42 Å². The van der Waals surface area contributed by atoms with E-state index >= 15 is 0 Å². The Kier molecular flexibility index (Phi) is 4.00. The lowest BCUT2D eigenvalue weighted by Gasteiger charge is -1.92. The van der Waals surface area contributed by atoms with Crippen LogP contribution in [0.25, 0.3) is 0 Å². The van der Waals surface area contributed by atoms with Gasteiger partial charge in [-0.1, -0.05) is 0 Å². The van der Waals surface area contributed by atoms with Crippen LogP contribution < -0.4 is 0 Å². The molecule has 0 rings (SSSR count). The average molecular weight is 70.1 g/mol. The normalized spacial score (nSPS) is 8.40. The first-order valence-electron chi connectivity index (χ1n) is 2.00. The van der Waals surface area contributed by atoms with Gasteiger partial charge in [-0.2, -0.15) is 12.8 Å². The monoisotopic (exact) mass is 70.1 g/mol. The second-order valence-electron chi connectivity index (χ2n) is 1.06. The van der Waals surface area contributed by atoms with Gasteiger partial charge in [-0.15, -0.1) is 6.42 Å². The molecule has 0 aliphatic rings. The van der Waals surface area contributed by atoms with Crippen LogP contribution in [0.15, 0.2) is 0 Å². The van der Waals surface area contributed by atoms with E-state index in [1.807, 2.05) is 0 Å². The molecule has 5 heavy (non-hydrogen) atoms. The minimum absolute atomic E-state index is 1.03. The minimum atomic E-state index is 1.03. The summed E-state index contributed by atoms with van der Waals surface area (Å²) in [5.41, 5.74) is 0. The van der Waals surface area contributed by atoms with Crippen LogP contribution in [0.4, 0.5) is 0 Å². The molecule has 0 heterocycles.